The Labute approximate surface area is 59.6 Å². The van der Waals surface area contributed by atoms with Crippen molar-refractivity contribution in [3.63, 3.8) is 0 Å². The van der Waals surface area contributed by atoms with Crippen LogP contribution in [0, 0.1) is 0 Å². The van der Waals surface area contributed by atoms with Crippen LogP contribution in [0.25, 0.3) is 0 Å². The zero-order valence-corrected chi connectivity index (χ0v) is 6.40. The predicted molar refractivity (Wildman–Crippen MR) is 45.1 cm³/mol. The van der Waals surface area contributed by atoms with E-state index in [2.05, 4.69) is 20.8 Å². The first-order valence-electron chi connectivity index (χ1n) is 3.84. The molecule has 9 heavy (non-hydrogen) atoms. The van der Waals surface area contributed by atoms with E-state index in [1.165, 1.54) is 25.6 Å². The summed E-state index contributed by atoms with van der Waals surface area (Å²) in [7, 11) is 2.29. The first-order valence-corrected chi connectivity index (χ1v) is 3.84. The van der Waals surface area contributed by atoms with Crippen LogP contribution in [0.4, 0.5) is 0 Å². The first-order chi connectivity index (χ1) is 4.41. The number of hydrogen-bond acceptors (Lipinski definition) is 0. The molecule has 0 aromatic heterocycles. The van der Waals surface area contributed by atoms with E-state index in [1.54, 1.807) is 0 Å². The molecule has 1 radical (unpaired) electrons. The van der Waals surface area contributed by atoms with Crippen molar-refractivity contribution in [2.24, 2.45) is 0 Å². The van der Waals surface area contributed by atoms with Gasteiger partial charge in [-0.25, -0.2) is 0 Å². The van der Waals surface area contributed by atoms with Crippen LogP contribution in [0.3, 0.4) is 0 Å². The Morgan fingerprint density at radius 2 is 2.22 bits per heavy atom. The summed E-state index contributed by atoms with van der Waals surface area (Å²) in [5.74, 6) is 0. The van der Waals surface area contributed by atoms with E-state index >= 15 is 0 Å². The van der Waals surface area contributed by atoms with E-state index in [0.717, 1.165) is 6.32 Å². The van der Waals surface area contributed by atoms with Gasteiger partial charge in [0, 0.05) is 0 Å². The Balaban J connectivity index is 2.66. The lowest BCUT2D eigenvalue weighted by atomic mass is 9.70. The van der Waals surface area contributed by atoms with Gasteiger partial charge in [-0.05, 0) is 0 Å². The van der Waals surface area contributed by atoms with Crippen molar-refractivity contribution in [3.05, 3.63) is 12.7 Å². The van der Waals surface area contributed by atoms with Crippen LogP contribution in [0.15, 0.2) is 12.7 Å². The van der Waals surface area contributed by atoms with Crippen molar-refractivity contribution in [1.29, 1.82) is 0 Å². The molecule has 0 aromatic carbocycles. The van der Waals surface area contributed by atoms with Crippen molar-refractivity contribution in [2.75, 3.05) is 0 Å². The van der Waals surface area contributed by atoms with E-state index in [9.17, 15) is 0 Å². The lowest BCUT2D eigenvalue weighted by molar-refractivity contribution is 0.768. The van der Waals surface area contributed by atoms with Crippen molar-refractivity contribution in [1.82, 2.24) is 0 Å². The molecule has 0 N–H and O–H groups in total. The molecule has 0 atom stereocenters. The van der Waals surface area contributed by atoms with Crippen molar-refractivity contribution < 1.29 is 0 Å². The number of hydrogen-bond donors (Lipinski definition) is 0. The highest BCUT2D eigenvalue weighted by molar-refractivity contribution is 6.35. The van der Waals surface area contributed by atoms with E-state index in [1.807, 2.05) is 6.08 Å². The minimum atomic E-state index is 1.07. The Hall–Kier alpha value is -0.195. The molecule has 0 fully saturated rings. The topological polar surface area (TPSA) is 0 Å². The van der Waals surface area contributed by atoms with Gasteiger partial charge >= 0.3 is 0 Å². The minimum Gasteiger partial charge on any atom is -0.104 e. The molecular formula is C8H16B. The maximum atomic E-state index is 3.65. The molecule has 0 rings (SSSR count). The third kappa shape index (κ3) is 7.80. The van der Waals surface area contributed by atoms with Gasteiger partial charge in [0.1, 0.15) is 7.28 Å². The van der Waals surface area contributed by atoms with Gasteiger partial charge in [0.15, 0.2) is 0 Å². The van der Waals surface area contributed by atoms with Gasteiger partial charge in [-0.3, -0.25) is 0 Å². The van der Waals surface area contributed by atoms with Gasteiger partial charge in [0.05, 0.1) is 0 Å². The third-order valence-corrected chi connectivity index (χ3v) is 1.35. The average molecular weight is 123 g/mol. The second kappa shape index (κ2) is 7.80. The molecule has 0 spiro atoms. The third-order valence-electron chi connectivity index (χ3n) is 1.35. The van der Waals surface area contributed by atoms with Crippen molar-refractivity contribution >= 4 is 7.28 Å². The fourth-order valence-corrected chi connectivity index (χ4v) is 0.774. The van der Waals surface area contributed by atoms with Crippen molar-refractivity contribution in [2.45, 2.75) is 38.8 Å². The quantitative estimate of drug-likeness (QED) is 0.289. The maximum absolute atomic E-state index is 3.65. The van der Waals surface area contributed by atoms with Crippen LogP contribution in [0.5, 0.6) is 0 Å². The predicted octanol–water partition coefficient (Wildman–Crippen LogP) is 2.90. The molecule has 51 valence electrons. The van der Waals surface area contributed by atoms with Crippen LogP contribution in [0.1, 0.15) is 26.2 Å². The van der Waals surface area contributed by atoms with E-state index in [4.69, 9.17) is 0 Å². The number of rotatable bonds is 6. The average Bonchev–Trinajstić information content (AvgIpc) is 1.89. The Kier molecular flexibility index (Phi) is 7.64. The van der Waals surface area contributed by atoms with Gasteiger partial charge in [-0.15, -0.1) is 6.58 Å². The van der Waals surface area contributed by atoms with Gasteiger partial charge < -0.3 is 0 Å². The lowest BCUT2D eigenvalue weighted by Crippen LogP contribution is -1.85. The normalized spacial score (nSPS) is 9.00. The summed E-state index contributed by atoms with van der Waals surface area (Å²) in [6, 6.07) is 0. The summed E-state index contributed by atoms with van der Waals surface area (Å²) < 4.78 is 0. The van der Waals surface area contributed by atoms with Crippen LogP contribution >= 0.6 is 0 Å². The SMILES string of the molecule is C=CC[B]CCCCC. The van der Waals surface area contributed by atoms with E-state index < -0.39 is 0 Å². The monoisotopic (exact) mass is 123 g/mol. The molecule has 0 saturated carbocycles. The molecule has 0 aliphatic carbocycles. The summed E-state index contributed by atoms with van der Waals surface area (Å²) in [5, 5.41) is 0. The largest absolute Gasteiger partial charge is 0.114 e. The van der Waals surface area contributed by atoms with Crippen LogP contribution in [-0.4, -0.2) is 7.28 Å². The summed E-state index contributed by atoms with van der Waals surface area (Å²) in [5.41, 5.74) is 0. The highest BCUT2D eigenvalue weighted by Gasteiger charge is 1.86. The lowest BCUT2D eigenvalue weighted by Gasteiger charge is -1.93. The Morgan fingerprint density at radius 3 is 2.78 bits per heavy atom. The van der Waals surface area contributed by atoms with Gasteiger partial charge in [-0.1, -0.05) is 44.9 Å². The molecule has 0 amide bonds. The Morgan fingerprint density at radius 1 is 1.44 bits per heavy atom. The number of allylic oxidation sites excluding steroid dienone is 1. The first kappa shape index (κ1) is 8.80. The molecule has 0 bridgehead atoms. The summed E-state index contributed by atoms with van der Waals surface area (Å²) >= 11 is 0. The highest BCUT2D eigenvalue weighted by Crippen LogP contribution is 1.99. The molecule has 0 aromatic rings. The van der Waals surface area contributed by atoms with Crippen LogP contribution < -0.4 is 0 Å². The van der Waals surface area contributed by atoms with Gasteiger partial charge in [0.25, 0.3) is 0 Å². The zero-order valence-electron chi connectivity index (χ0n) is 6.40. The van der Waals surface area contributed by atoms with Gasteiger partial charge in [0.2, 0.25) is 0 Å². The fourth-order valence-electron chi connectivity index (χ4n) is 0.774. The fraction of sp³-hybridized carbons (Fsp3) is 0.750. The standard InChI is InChI=1S/C8H16B/c1-3-5-6-8-9-7-4-2/h4H,2-3,5-8H2,1H3. The van der Waals surface area contributed by atoms with E-state index in [0.29, 0.717) is 0 Å². The minimum absolute atomic E-state index is 1.07. The van der Waals surface area contributed by atoms with Crippen LogP contribution in [0.2, 0.25) is 12.6 Å². The summed E-state index contributed by atoms with van der Waals surface area (Å²) in [6.45, 7) is 5.88. The molecule has 0 saturated heterocycles. The smallest absolute Gasteiger partial charge is 0.104 e. The Bertz CT molecular complexity index is 59.6. The number of unbranched alkanes of at least 4 members (excludes halogenated alkanes) is 2. The zero-order chi connectivity index (χ0) is 6.95. The van der Waals surface area contributed by atoms with E-state index in [-0.39, 0.29) is 0 Å². The van der Waals surface area contributed by atoms with Crippen LogP contribution in [-0.2, 0) is 0 Å². The molecule has 0 aliphatic heterocycles. The highest BCUT2D eigenvalue weighted by atomic mass is 13.8. The molecule has 0 unspecified atom stereocenters. The molecule has 0 heterocycles. The second-order valence-electron chi connectivity index (χ2n) is 2.31. The molecular weight excluding hydrogens is 107 g/mol. The van der Waals surface area contributed by atoms with Crippen molar-refractivity contribution in [3.8, 4) is 0 Å². The maximum Gasteiger partial charge on any atom is 0.114 e. The van der Waals surface area contributed by atoms with Gasteiger partial charge in [-0.2, -0.15) is 0 Å². The molecule has 1 heteroatoms. The second-order valence-corrected chi connectivity index (χ2v) is 2.31. The molecule has 0 aliphatic rings. The molecule has 0 nitrogen and oxygen atoms in total. The summed E-state index contributed by atoms with van der Waals surface area (Å²) in [4.78, 5) is 0. The summed E-state index contributed by atoms with van der Waals surface area (Å²) in [6.07, 6.45) is 8.33.